The highest BCUT2D eigenvalue weighted by molar-refractivity contribution is 7.92. The second-order valence-electron chi connectivity index (χ2n) is 7.57. The molecule has 1 saturated heterocycles. The number of carbonyl (C=O) groups is 1. The lowest BCUT2D eigenvalue weighted by molar-refractivity contribution is 0.192. The minimum absolute atomic E-state index is 0.0205. The van der Waals surface area contributed by atoms with Crippen molar-refractivity contribution in [1.82, 2.24) is 4.90 Å². The predicted octanol–water partition coefficient (Wildman–Crippen LogP) is 5.25. The van der Waals surface area contributed by atoms with Crippen LogP contribution in [-0.2, 0) is 16.6 Å². The van der Waals surface area contributed by atoms with Gasteiger partial charge in [-0.2, -0.15) is 0 Å². The third-order valence-electron chi connectivity index (χ3n) is 5.19. The zero-order valence-electron chi connectivity index (χ0n) is 17.3. The van der Waals surface area contributed by atoms with Gasteiger partial charge < -0.3 is 4.90 Å². The molecular formula is C23H20ClF2N3O3S. The Morgan fingerprint density at radius 2 is 1.73 bits per heavy atom. The Bertz CT molecular complexity index is 1300. The zero-order valence-corrected chi connectivity index (χ0v) is 18.9. The van der Waals surface area contributed by atoms with E-state index in [2.05, 4.69) is 4.72 Å². The van der Waals surface area contributed by atoms with Gasteiger partial charge >= 0.3 is 6.03 Å². The number of amides is 2. The Kier molecular flexibility index (Phi) is 6.53. The number of carbonyl (C=O) groups excluding carboxylic acids is 1. The molecule has 0 atom stereocenters. The lowest BCUT2D eigenvalue weighted by Crippen LogP contribution is -2.49. The fraction of sp³-hybridized carbons (Fsp3) is 0.174. The van der Waals surface area contributed by atoms with E-state index in [9.17, 15) is 22.0 Å². The van der Waals surface area contributed by atoms with Gasteiger partial charge in [0, 0.05) is 30.3 Å². The molecule has 3 aromatic rings. The summed E-state index contributed by atoms with van der Waals surface area (Å²) in [6, 6.07) is 15.6. The van der Waals surface area contributed by atoms with Crippen molar-refractivity contribution in [3.8, 4) is 0 Å². The van der Waals surface area contributed by atoms with Gasteiger partial charge in [-0.1, -0.05) is 29.8 Å². The van der Waals surface area contributed by atoms with Crippen molar-refractivity contribution in [2.75, 3.05) is 22.7 Å². The fourth-order valence-electron chi connectivity index (χ4n) is 3.61. The van der Waals surface area contributed by atoms with Crippen molar-refractivity contribution in [2.45, 2.75) is 17.9 Å². The van der Waals surface area contributed by atoms with Crippen molar-refractivity contribution in [3.63, 3.8) is 0 Å². The van der Waals surface area contributed by atoms with Crippen molar-refractivity contribution in [3.05, 3.63) is 89.0 Å². The average molecular weight is 492 g/mol. The largest absolute Gasteiger partial charge is 0.324 e. The van der Waals surface area contributed by atoms with Crippen LogP contribution in [0.25, 0.3) is 0 Å². The number of sulfonamides is 1. The van der Waals surface area contributed by atoms with Crippen LogP contribution in [0.5, 0.6) is 0 Å². The van der Waals surface area contributed by atoms with Gasteiger partial charge in [0.2, 0.25) is 0 Å². The first-order valence-corrected chi connectivity index (χ1v) is 12.0. The van der Waals surface area contributed by atoms with Crippen molar-refractivity contribution in [2.24, 2.45) is 0 Å². The standard InChI is InChI=1S/C23H20ClF2N3O3S/c24-17-4-1-7-20(13-17)33(31,32)27-18-5-2-6-19(14-18)29-11-3-10-28(23(29)30)15-16-8-9-21(25)22(26)12-16/h1-2,4-9,12-14,27H,3,10-11,15H2. The number of rotatable bonds is 6. The molecule has 6 nitrogen and oxygen atoms in total. The van der Waals surface area contributed by atoms with E-state index in [0.29, 0.717) is 35.8 Å². The third-order valence-corrected chi connectivity index (χ3v) is 6.80. The molecule has 1 heterocycles. The molecule has 10 heteroatoms. The molecule has 4 rings (SSSR count). The molecule has 172 valence electrons. The maximum absolute atomic E-state index is 13.5. The molecule has 3 aromatic carbocycles. The summed E-state index contributed by atoms with van der Waals surface area (Å²) in [6.45, 7) is 1.04. The molecule has 2 amide bonds. The van der Waals surface area contributed by atoms with E-state index < -0.39 is 21.7 Å². The Hall–Kier alpha value is -3.17. The van der Waals surface area contributed by atoms with Crippen LogP contribution in [0.3, 0.4) is 0 Å². The van der Waals surface area contributed by atoms with E-state index in [4.69, 9.17) is 11.6 Å². The second kappa shape index (κ2) is 9.36. The average Bonchev–Trinajstić information content (AvgIpc) is 2.77. The van der Waals surface area contributed by atoms with E-state index in [0.717, 1.165) is 12.1 Å². The van der Waals surface area contributed by atoms with Crippen molar-refractivity contribution in [1.29, 1.82) is 0 Å². The van der Waals surface area contributed by atoms with Gasteiger partial charge in [0.15, 0.2) is 11.6 Å². The first kappa shape index (κ1) is 23.0. The first-order chi connectivity index (χ1) is 15.7. The monoisotopic (exact) mass is 491 g/mol. The fourth-order valence-corrected chi connectivity index (χ4v) is 4.96. The van der Waals surface area contributed by atoms with Gasteiger partial charge in [-0.05, 0) is 60.5 Å². The number of halogens is 3. The van der Waals surface area contributed by atoms with Crippen LogP contribution in [0.1, 0.15) is 12.0 Å². The highest BCUT2D eigenvalue weighted by Crippen LogP contribution is 2.26. The molecule has 1 aliphatic heterocycles. The number of benzene rings is 3. The maximum atomic E-state index is 13.5. The van der Waals surface area contributed by atoms with E-state index in [1.54, 1.807) is 41.3 Å². The van der Waals surface area contributed by atoms with Crippen LogP contribution >= 0.6 is 11.6 Å². The predicted molar refractivity (Wildman–Crippen MR) is 123 cm³/mol. The Balaban J connectivity index is 1.52. The smallest absolute Gasteiger partial charge is 0.320 e. The number of anilines is 2. The summed E-state index contributed by atoms with van der Waals surface area (Å²) >= 11 is 5.90. The highest BCUT2D eigenvalue weighted by atomic mass is 35.5. The van der Waals surface area contributed by atoms with Crippen LogP contribution in [-0.4, -0.2) is 32.4 Å². The summed E-state index contributed by atoms with van der Waals surface area (Å²) in [5, 5.41) is 0.298. The van der Waals surface area contributed by atoms with Crippen molar-refractivity contribution < 1.29 is 22.0 Å². The van der Waals surface area contributed by atoms with Crippen LogP contribution in [0.2, 0.25) is 5.02 Å². The van der Waals surface area contributed by atoms with Gasteiger partial charge in [0.1, 0.15) is 0 Å². The number of nitrogens with zero attached hydrogens (tertiary/aromatic N) is 2. The van der Waals surface area contributed by atoms with E-state index in [1.807, 2.05) is 0 Å². The lowest BCUT2D eigenvalue weighted by atomic mass is 10.1. The number of nitrogens with one attached hydrogen (secondary N) is 1. The van der Waals surface area contributed by atoms with Crippen LogP contribution in [0.4, 0.5) is 25.0 Å². The van der Waals surface area contributed by atoms with Crippen LogP contribution < -0.4 is 9.62 Å². The number of urea groups is 1. The normalized spacial score (nSPS) is 14.5. The van der Waals surface area contributed by atoms with E-state index in [-0.39, 0.29) is 23.2 Å². The number of hydrogen-bond donors (Lipinski definition) is 1. The van der Waals surface area contributed by atoms with E-state index >= 15 is 0 Å². The summed E-state index contributed by atoms with van der Waals surface area (Å²) in [5.74, 6) is -1.91. The molecule has 1 N–H and O–H groups in total. The van der Waals surface area contributed by atoms with Gasteiger partial charge in [-0.25, -0.2) is 22.0 Å². The molecule has 0 spiro atoms. The number of hydrogen-bond acceptors (Lipinski definition) is 3. The van der Waals surface area contributed by atoms with Crippen molar-refractivity contribution >= 4 is 39.0 Å². The van der Waals surface area contributed by atoms with Gasteiger partial charge in [0.05, 0.1) is 10.6 Å². The molecule has 0 radical (unpaired) electrons. The molecule has 1 aliphatic rings. The highest BCUT2D eigenvalue weighted by Gasteiger charge is 2.27. The lowest BCUT2D eigenvalue weighted by Gasteiger charge is -2.36. The maximum Gasteiger partial charge on any atom is 0.324 e. The minimum atomic E-state index is -3.87. The Morgan fingerprint density at radius 3 is 2.48 bits per heavy atom. The summed E-state index contributed by atoms with van der Waals surface area (Å²) in [7, 11) is -3.87. The molecule has 33 heavy (non-hydrogen) atoms. The van der Waals surface area contributed by atoms with Crippen LogP contribution in [0, 0.1) is 11.6 Å². The molecule has 0 aromatic heterocycles. The zero-order chi connectivity index (χ0) is 23.6. The Morgan fingerprint density at radius 1 is 0.939 bits per heavy atom. The van der Waals surface area contributed by atoms with Gasteiger partial charge in [-0.3, -0.25) is 9.62 Å². The van der Waals surface area contributed by atoms with Crippen LogP contribution in [0.15, 0.2) is 71.6 Å². The molecule has 0 saturated carbocycles. The molecule has 1 fully saturated rings. The first-order valence-electron chi connectivity index (χ1n) is 10.1. The molecule has 0 unspecified atom stereocenters. The SMILES string of the molecule is O=C1N(Cc2ccc(F)c(F)c2)CCCN1c1cccc(NS(=O)(=O)c2cccc(Cl)c2)c1. The van der Waals surface area contributed by atoms with Gasteiger partial charge in [0.25, 0.3) is 10.0 Å². The molecule has 0 aliphatic carbocycles. The minimum Gasteiger partial charge on any atom is -0.320 e. The quantitative estimate of drug-likeness (QED) is 0.512. The van der Waals surface area contributed by atoms with Gasteiger partial charge in [-0.15, -0.1) is 0 Å². The molecule has 0 bridgehead atoms. The van der Waals surface area contributed by atoms with E-state index in [1.165, 1.54) is 23.1 Å². The summed E-state index contributed by atoms with van der Waals surface area (Å²) < 4.78 is 54.6. The third kappa shape index (κ3) is 5.26. The second-order valence-corrected chi connectivity index (χ2v) is 9.69. The topological polar surface area (TPSA) is 69.7 Å². The summed E-state index contributed by atoms with van der Waals surface area (Å²) in [6.07, 6.45) is 0.661. The summed E-state index contributed by atoms with van der Waals surface area (Å²) in [5.41, 5.74) is 1.28. The Labute approximate surface area is 195 Å². The molecular weight excluding hydrogens is 472 g/mol. The summed E-state index contributed by atoms with van der Waals surface area (Å²) in [4.78, 5) is 16.2.